The van der Waals surface area contributed by atoms with Crippen molar-refractivity contribution in [1.82, 2.24) is 0 Å². The molecule has 0 radical (unpaired) electrons. The highest BCUT2D eigenvalue weighted by Crippen LogP contribution is 2.21. The molecular weight excluding hydrogens is 202 g/mol. The van der Waals surface area contributed by atoms with Gasteiger partial charge in [0.2, 0.25) is 0 Å². The summed E-state index contributed by atoms with van der Waals surface area (Å²) >= 11 is 0. The summed E-state index contributed by atoms with van der Waals surface area (Å²) in [5.41, 5.74) is 7.65. The molecule has 0 saturated heterocycles. The van der Waals surface area contributed by atoms with E-state index in [0.717, 1.165) is 12.0 Å². The van der Waals surface area contributed by atoms with E-state index in [1.165, 1.54) is 5.56 Å². The van der Waals surface area contributed by atoms with Crippen LogP contribution in [0.5, 0.6) is 5.75 Å². The first kappa shape index (κ1) is 13.0. The molecule has 0 heterocycles. The number of nitrogens with two attached hydrogens (primary N) is 1. The minimum absolute atomic E-state index is 0.134. The van der Waals surface area contributed by atoms with Gasteiger partial charge in [0.15, 0.2) is 0 Å². The van der Waals surface area contributed by atoms with E-state index < -0.39 is 0 Å². The smallest absolute Gasteiger partial charge is 0.118 e. The number of aliphatic hydroxyl groups is 1. The van der Waals surface area contributed by atoms with Crippen molar-refractivity contribution in [3.05, 3.63) is 29.3 Å². The number of aromatic hydroxyl groups is 1. The molecular formula is C13H21NO2. The molecule has 0 bridgehead atoms. The Bertz CT molecular complexity index is 335. The van der Waals surface area contributed by atoms with E-state index in [2.05, 4.69) is 6.92 Å². The Morgan fingerprint density at radius 1 is 1.38 bits per heavy atom. The molecule has 0 aliphatic heterocycles. The van der Waals surface area contributed by atoms with Crippen molar-refractivity contribution < 1.29 is 10.2 Å². The Balaban J connectivity index is 2.69. The van der Waals surface area contributed by atoms with Gasteiger partial charge in [-0.3, -0.25) is 0 Å². The van der Waals surface area contributed by atoms with Crippen LogP contribution in [0.4, 0.5) is 0 Å². The highest BCUT2D eigenvalue weighted by atomic mass is 16.3. The first-order valence-corrected chi connectivity index (χ1v) is 5.68. The van der Waals surface area contributed by atoms with E-state index in [-0.39, 0.29) is 12.5 Å². The molecule has 2 atom stereocenters. The van der Waals surface area contributed by atoms with Gasteiger partial charge in [-0.15, -0.1) is 0 Å². The molecule has 0 spiro atoms. The molecule has 0 amide bonds. The highest BCUT2D eigenvalue weighted by molar-refractivity contribution is 5.35. The zero-order valence-electron chi connectivity index (χ0n) is 9.98. The van der Waals surface area contributed by atoms with Crippen LogP contribution in [-0.2, 0) is 6.42 Å². The third kappa shape index (κ3) is 3.22. The van der Waals surface area contributed by atoms with Crippen molar-refractivity contribution in [1.29, 1.82) is 0 Å². The fourth-order valence-corrected chi connectivity index (χ4v) is 1.87. The van der Waals surface area contributed by atoms with E-state index in [1.54, 1.807) is 6.07 Å². The molecule has 0 aliphatic rings. The van der Waals surface area contributed by atoms with Crippen LogP contribution in [0, 0.1) is 18.8 Å². The van der Waals surface area contributed by atoms with Crippen molar-refractivity contribution in [2.75, 3.05) is 13.2 Å². The zero-order chi connectivity index (χ0) is 12.1. The summed E-state index contributed by atoms with van der Waals surface area (Å²) < 4.78 is 0. The van der Waals surface area contributed by atoms with Gasteiger partial charge in [-0.2, -0.15) is 0 Å². The number of benzene rings is 1. The number of hydrogen-bond donors (Lipinski definition) is 3. The number of phenols is 1. The second-order valence-corrected chi connectivity index (χ2v) is 4.48. The maximum atomic E-state index is 9.42. The molecule has 2 unspecified atom stereocenters. The van der Waals surface area contributed by atoms with Gasteiger partial charge in [-0.1, -0.05) is 19.1 Å². The van der Waals surface area contributed by atoms with Crippen molar-refractivity contribution in [2.24, 2.45) is 17.6 Å². The average Bonchev–Trinajstić information content (AvgIpc) is 2.25. The highest BCUT2D eigenvalue weighted by Gasteiger charge is 2.15. The van der Waals surface area contributed by atoms with Crippen molar-refractivity contribution >= 4 is 0 Å². The van der Waals surface area contributed by atoms with E-state index in [1.807, 2.05) is 19.1 Å². The van der Waals surface area contributed by atoms with E-state index in [0.29, 0.717) is 18.2 Å². The molecule has 90 valence electrons. The van der Waals surface area contributed by atoms with Gasteiger partial charge in [0, 0.05) is 6.61 Å². The maximum Gasteiger partial charge on any atom is 0.118 e. The van der Waals surface area contributed by atoms with E-state index >= 15 is 0 Å². The van der Waals surface area contributed by atoms with E-state index in [4.69, 9.17) is 10.8 Å². The van der Waals surface area contributed by atoms with Crippen molar-refractivity contribution in [3.8, 4) is 5.75 Å². The number of aliphatic hydroxyl groups excluding tert-OH is 1. The first-order valence-electron chi connectivity index (χ1n) is 5.68. The number of phenolic OH excluding ortho intramolecular Hbond substituents is 1. The third-order valence-electron chi connectivity index (χ3n) is 3.16. The molecule has 1 aromatic carbocycles. The molecule has 3 heteroatoms. The Morgan fingerprint density at radius 3 is 2.56 bits per heavy atom. The Kier molecular flexibility index (Phi) is 4.77. The normalized spacial score (nSPS) is 14.8. The number of rotatable bonds is 5. The van der Waals surface area contributed by atoms with Crippen LogP contribution >= 0.6 is 0 Å². The minimum atomic E-state index is 0.134. The van der Waals surface area contributed by atoms with Gasteiger partial charge >= 0.3 is 0 Å². The Labute approximate surface area is 96.9 Å². The van der Waals surface area contributed by atoms with Crippen LogP contribution < -0.4 is 5.73 Å². The summed E-state index contributed by atoms with van der Waals surface area (Å²) in [6.45, 7) is 4.62. The zero-order valence-corrected chi connectivity index (χ0v) is 9.98. The summed E-state index contributed by atoms with van der Waals surface area (Å²) in [7, 11) is 0. The average molecular weight is 223 g/mol. The predicted molar refractivity (Wildman–Crippen MR) is 65.3 cm³/mol. The summed E-state index contributed by atoms with van der Waals surface area (Å²) in [5, 5.41) is 18.6. The Hall–Kier alpha value is -1.06. The largest absolute Gasteiger partial charge is 0.508 e. The van der Waals surface area contributed by atoms with Crippen LogP contribution in [0.25, 0.3) is 0 Å². The summed E-state index contributed by atoms with van der Waals surface area (Å²) in [5.74, 6) is 0.821. The second kappa shape index (κ2) is 5.87. The summed E-state index contributed by atoms with van der Waals surface area (Å²) in [6.07, 6.45) is 0.879. The quantitative estimate of drug-likeness (QED) is 0.707. The molecule has 1 rings (SSSR count). The molecule has 4 N–H and O–H groups in total. The monoisotopic (exact) mass is 223 g/mol. The van der Waals surface area contributed by atoms with Crippen LogP contribution in [0.2, 0.25) is 0 Å². The lowest BCUT2D eigenvalue weighted by atomic mass is 9.88. The van der Waals surface area contributed by atoms with Gasteiger partial charge in [0.25, 0.3) is 0 Å². The molecule has 0 aliphatic carbocycles. The lowest BCUT2D eigenvalue weighted by Crippen LogP contribution is -2.26. The van der Waals surface area contributed by atoms with Gasteiger partial charge in [-0.25, -0.2) is 0 Å². The minimum Gasteiger partial charge on any atom is -0.508 e. The Morgan fingerprint density at radius 2 is 2.06 bits per heavy atom. The molecule has 16 heavy (non-hydrogen) atoms. The fraction of sp³-hybridized carbons (Fsp3) is 0.538. The third-order valence-corrected chi connectivity index (χ3v) is 3.16. The van der Waals surface area contributed by atoms with Crippen LogP contribution in [-0.4, -0.2) is 23.4 Å². The van der Waals surface area contributed by atoms with Crippen LogP contribution in [0.3, 0.4) is 0 Å². The van der Waals surface area contributed by atoms with Crippen LogP contribution in [0.1, 0.15) is 18.1 Å². The fourth-order valence-electron chi connectivity index (χ4n) is 1.87. The standard InChI is InChI=1S/C13H21NO2/c1-9(12(7-14)8-15)5-11-3-4-13(16)10(2)6-11/h3-4,6,9,12,15-16H,5,7-8,14H2,1-2H3. The molecule has 1 aromatic rings. The molecule has 3 nitrogen and oxygen atoms in total. The van der Waals surface area contributed by atoms with Gasteiger partial charge < -0.3 is 15.9 Å². The summed E-state index contributed by atoms with van der Waals surface area (Å²) in [4.78, 5) is 0. The van der Waals surface area contributed by atoms with Gasteiger partial charge in [0.05, 0.1) is 0 Å². The number of aryl methyl sites for hydroxylation is 1. The lowest BCUT2D eigenvalue weighted by molar-refractivity contribution is 0.187. The van der Waals surface area contributed by atoms with Gasteiger partial charge in [0.1, 0.15) is 5.75 Å². The molecule has 0 fully saturated rings. The topological polar surface area (TPSA) is 66.5 Å². The SMILES string of the molecule is Cc1cc(CC(C)C(CN)CO)ccc1O. The van der Waals surface area contributed by atoms with Gasteiger partial charge in [-0.05, 0) is 48.9 Å². The molecule has 0 aromatic heterocycles. The van der Waals surface area contributed by atoms with E-state index in [9.17, 15) is 5.11 Å². The summed E-state index contributed by atoms with van der Waals surface area (Å²) in [6, 6.07) is 5.62. The van der Waals surface area contributed by atoms with Crippen molar-refractivity contribution in [2.45, 2.75) is 20.3 Å². The predicted octanol–water partition coefficient (Wildman–Crippen LogP) is 1.45. The first-order chi connectivity index (χ1) is 7.58. The van der Waals surface area contributed by atoms with Crippen LogP contribution in [0.15, 0.2) is 18.2 Å². The number of hydrogen-bond acceptors (Lipinski definition) is 3. The second-order valence-electron chi connectivity index (χ2n) is 4.48. The maximum absolute atomic E-state index is 9.42. The van der Waals surface area contributed by atoms with Crippen molar-refractivity contribution in [3.63, 3.8) is 0 Å². The molecule has 0 saturated carbocycles. The lowest BCUT2D eigenvalue weighted by Gasteiger charge is -2.20.